The molecule has 2 aromatic carbocycles. The molecule has 9 heteroatoms. The van der Waals surface area contributed by atoms with Gasteiger partial charge in [0.15, 0.2) is 11.0 Å². The minimum absolute atomic E-state index is 0.238. The Morgan fingerprint density at radius 3 is 2.68 bits per heavy atom. The zero-order valence-electron chi connectivity index (χ0n) is 18.7. The molecule has 1 aliphatic heterocycles. The highest BCUT2D eigenvalue weighted by Gasteiger charge is 2.20. The second kappa shape index (κ2) is 10.7. The lowest BCUT2D eigenvalue weighted by molar-refractivity contribution is 0.0944. The van der Waals surface area contributed by atoms with E-state index in [0.717, 1.165) is 47.2 Å². The van der Waals surface area contributed by atoms with E-state index >= 15 is 0 Å². The number of aromatic amines is 1. The Morgan fingerprint density at radius 1 is 1.12 bits per heavy atom. The molecule has 1 amide bonds. The second-order valence-electron chi connectivity index (χ2n) is 8.13. The molecule has 1 aliphatic rings. The lowest BCUT2D eigenvalue weighted by Crippen LogP contribution is -2.25. The number of ether oxygens (including phenoxy) is 1. The van der Waals surface area contributed by atoms with Crippen LogP contribution in [0.5, 0.6) is 0 Å². The number of carbonyl (C=O) groups is 1. The van der Waals surface area contributed by atoms with Crippen molar-refractivity contribution in [2.75, 3.05) is 12.4 Å². The average Bonchev–Trinajstić information content (AvgIpc) is 3.64. The Kier molecular flexibility index (Phi) is 7.02. The first kappa shape index (κ1) is 22.4. The number of hydrogen-bond acceptors (Lipinski definition) is 6. The van der Waals surface area contributed by atoms with E-state index in [0.29, 0.717) is 18.1 Å². The molecule has 4 aromatic rings. The minimum Gasteiger partial charge on any atom is -0.377 e. The molecular weight excluding hydrogens is 448 g/mol. The molecule has 2 aromatic heterocycles. The third-order valence-electron chi connectivity index (χ3n) is 5.70. The predicted octanol–water partition coefficient (Wildman–Crippen LogP) is 3.92. The molecule has 8 nitrogen and oxygen atoms in total. The third kappa shape index (κ3) is 5.37. The number of H-pyrrole nitrogens is 1. The summed E-state index contributed by atoms with van der Waals surface area (Å²) in [4.78, 5) is 12.8. The van der Waals surface area contributed by atoms with Crippen molar-refractivity contribution >= 4 is 17.7 Å². The highest BCUT2D eigenvalue weighted by Crippen LogP contribution is 2.24. The Hall–Kier alpha value is -3.43. The number of carbonyl (C=O) groups excluding carboxylic acids is 1. The summed E-state index contributed by atoms with van der Waals surface area (Å²) in [5.74, 6) is 1.31. The monoisotopic (exact) mass is 474 g/mol. The van der Waals surface area contributed by atoms with Gasteiger partial charge in [-0.3, -0.25) is 9.89 Å². The number of aromatic nitrogens is 5. The van der Waals surface area contributed by atoms with E-state index in [1.807, 2.05) is 48.5 Å². The number of nitrogens with zero attached hydrogens (tertiary/aromatic N) is 4. The first-order valence-electron chi connectivity index (χ1n) is 11.4. The van der Waals surface area contributed by atoms with Gasteiger partial charge in [-0.15, -0.1) is 10.2 Å². The van der Waals surface area contributed by atoms with Gasteiger partial charge < -0.3 is 14.6 Å². The Labute approximate surface area is 202 Å². The van der Waals surface area contributed by atoms with Gasteiger partial charge in [-0.05, 0) is 24.5 Å². The van der Waals surface area contributed by atoms with E-state index < -0.39 is 0 Å². The van der Waals surface area contributed by atoms with Gasteiger partial charge in [0, 0.05) is 17.9 Å². The summed E-state index contributed by atoms with van der Waals surface area (Å²) in [6.07, 6.45) is 2.45. The topological polar surface area (TPSA) is 97.7 Å². The van der Waals surface area contributed by atoms with E-state index in [1.54, 1.807) is 17.8 Å². The van der Waals surface area contributed by atoms with Crippen LogP contribution in [0.2, 0.25) is 0 Å². The van der Waals surface area contributed by atoms with Crippen molar-refractivity contribution in [3.63, 3.8) is 0 Å². The van der Waals surface area contributed by atoms with Crippen LogP contribution < -0.4 is 5.32 Å². The van der Waals surface area contributed by atoms with E-state index in [9.17, 15) is 4.79 Å². The van der Waals surface area contributed by atoms with Crippen molar-refractivity contribution in [3.05, 3.63) is 83.8 Å². The maximum absolute atomic E-state index is 12.8. The summed E-state index contributed by atoms with van der Waals surface area (Å²) in [6, 6.07) is 21.7. The highest BCUT2D eigenvalue weighted by molar-refractivity contribution is 7.99. The van der Waals surface area contributed by atoms with Gasteiger partial charge in [-0.1, -0.05) is 72.4 Å². The van der Waals surface area contributed by atoms with Crippen molar-refractivity contribution in [2.45, 2.75) is 37.2 Å². The molecule has 1 atom stereocenters. The molecule has 0 aliphatic carbocycles. The van der Waals surface area contributed by atoms with Gasteiger partial charge >= 0.3 is 0 Å². The summed E-state index contributed by atoms with van der Waals surface area (Å²) in [5.41, 5.74) is 3.23. The van der Waals surface area contributed by atoms with Gasteiger partial charge in [-0.2, -0.15) is 5.10 Å². The fraction of sp³-hybridized carbons (Fsp3) is 0.280. The van der Waals surface area contributed by atoms with Crippen LogP contribution in [0.1, 0.15) is 34.7 Å². The van der Waals surface area contributed by atoms with Crippen molar-refractivity contribution in [2.24, 2.45) is 0 Å². The van der Waals surface area contributed by atoms with Crippen LogP contribution in [-0.4, -0.2) is 49.3 Å². The highest BCUT2D eigenvalue weighted by atomic mass is 32.2. The molecular formula is C25H26N6O2S. The van der Waals surface area contributed by atoms with Crippen molar-refractivity contribution < 1.29 is 9.53 Å². The first-order valence-corrected chi connectivity index (χ1v) is 12.3. The lowest BCUT2D eigenvalue weighted by atomic mass is 10.1. The fourth-order valence-electron chi connectivity index (χ4n) is 3.87. The summed E-state index contributed by atoms with van der Waals surface area (Å²) < 4.78 is 7.82. The van der Waals surface area contributed by atoms with Crippen LogP contribution in [-0.2, 0) is 17.8 Å². The number of thioether (sulfide) groups is 1. The van der Waals surface area contributed by atoms with Gasteiger partial charge in [0.2, 0.25) is 0 Å². The smallest absolute Gasteiger partial charge is 0.269 e. The molecule has 3 heterocycles. The van der Waals surface area contributed by atoms with E-state index in [2.05, 4.69) is 42.4 Å². The standard InChI is InChI=1S/C25H26N6O2S/c32-24(22-14-21(27-28-22)19-10-5-2-6-11-19)26-15-23-29-30-25(34-17-20-12-7-13-33-20)31(23)16-18-8-3-1-4-9-18/h1-6,8-11,14,20H,7,12-13,15-17H2,(H,26,32)(H,27,28). The van der Waals surface area contributed by atoms with Gasteiger partial charge in [0.25, 0.3) is 5.91 Å². The average molecular weight is 475 g/mol. The quantitative estimate of drug-likeness (QED) is 0.357. The molecule has 2 N–H and O–H groups in total. The molecule has 0 bridgehead atoms. The molecule has 1 fully saturated rings. The molecule has 0 radical (unpaired) electrons. The molecule has 0 spiro atoms. The Bertz CT molecular complexity index is 1220. The van der Waals surface area contributed by atoms with Crippen LogP contribution in [0.4, 0.5) is 0 Å². The van der Waals surface area contributed by atoms with Crippen LogP contribution in [0.3, 0.4) is 0 Å². The number of benzene rings is 2. The third-order valence-corrected chi connectivity index (χ3v) is 6.80. The van der Waals surface area contributed by atoms with Crippen molar-refractivity contribution in [1.82, 2.24) is 30.3 Å². The van der Waals surface area contributed by atoms with E-state index in [-0.39, 0.29) is 18.6 Å². The molecule has 5 rings (SSSR count). The van der Waals surface area contributed by atoms with Crippen LogP contribution in [0, 0.1) is 0 Å². The molecule has 174 valence electrons. The first-order chi connectivity index (χ1) is 16.8. The van der Waals surface area contributed by atoms with Gasteiger partial charge in [0.1, 0.15) is 5.69 Å². The maximum Gasteiger partial charge on any atom is 0.269 e. The largest absolute Gasteiger partial charge is 0.377 e. The summed E-state index contributed by atoms with van der Waals surface area (Å²) in [5, 5.41) is 19.7. The van der Waals surface area contributed by atoms with Gasteiger partial charge in [0.05, 0.1) is 24.9 Å². The van der Waals surface area contributed by atoms with Crippen molar-refractivity contribution in [1.29, 1.82) is 0 Å². The summed E-state index contributed by atoms with van der Waals surface area (Å²) >= 11 is 1.65. The molecule has 1 saturated heterocycles. The van der Waals surface area contributed by atoms with Crippen LogP contribution in [0.15, 0.2) is 71.9 Å². The molecule has 1 unspecified atom stereocenters. The summed E-state index contributed by atoms with van der Waals surface area (Å²) in [7, 11) is 0. The van der Waals surface area contributed by atoms with E-state index in [1.165, 1.54) is 0 Å². The number of rotatable bonds is 9. The maximum atomic E-state index is 12.8. The second-order valence-corrected chi connectivity index (χ2v) is 9.12. The normalized spacial score (nSPS) is 15.5. The zero-order chi connectivity index (χ0) is 23.2. The predicted molar refractivity (Wildman–Crippen MR) is 130 cm³/mol. The summed E-state index contributed by atoms with van der Waals surface area (Å²) in [6.45, 7) is 1.73. The number of amides is 1. The Morgan fingerprint density at radius 2 is 1.91 bits per heavy atom. The van der Waals surface area contributed by atoms with Gasteiger partial charge in [-0.25, -0.2) is 0 Å². The minimum atomic E-state index is -0.238. The zero-order valence-corrected chi connectivity index (χ0v) is 19.5. The number of nitrogens with one attached hydrogen (secondary N) is 2. The van der Waals surface area contributed by atoms with Crippen molar-refractivity contribution in [3.8, 4) is 11.3 Å². The number of hydrogen-bond donors (Lipinski definition) is 2. The van der Waals surface area contributed by atoms with Crippen LogP contribution >= 0.6 is 11.8 Å². The van der Waals surface area contributed by atoms with E-state index in [4.69, 9.17) is 4.74 Å². The Balaban J connectivity index is 1.28. The molecule has 0 saturated carbocycles. The fourth-order valence-corrected chi connectivity index (χ4v) is 4.90. The lowest BCUT2D eigenvalue weighted by Gasteiger charge is -2.12. The SMILES string of the molecule is O=C(NCc1nnc(SCC2CCCO2)n1Cc1ccccc1)c1cc(-c2ccccc2)n[nH]1. The molecule has 34 heavy (non-hydrogen) atoms. The van der Waals surface area contributed by atoms with Crippen LogP contribution in [0.25, 0.3) is 11.3 Å².